The van der Waals surface area contributed by atoms with Gasteiger partial charge in [0.05, 0.1) is 0 Å². The lowest BCUT2D eigenvalue weighted by Crippen LogP contribution is -2.69. The zero-order chi connectivity index (χ0) is 24.1. The highest BCUT2D eigenvalue weighted by Crippen LogP contribution is 2.36. The number of aliphatic hydroxyl groups is 1. The summed E-state index contributed by atoms with van der Waals surface area (Å²) in [6.45, 7) is 2.86. The fourth-order valence-electron chi connectivity index (χ4n) is 3.58. The molecule has 0 bridgehead atoms. The number of nitrogen functional groups attached to an aromatic ring is 1. The molecule has 11 nitrogen and oxygen atoms in total. The van der Waals surface area contributed by atoms with E-state index in [1.165, 1.54) is 5.56 Å². The number of pyridine rings is 1. The van der Waals surface area contributed by atoms with Gasteiger partial charge in [-0.25, -0.2) is 4.57 Å². The van der Waals surface area contributed by atoms with Crippen LogP contribution in [0.5, 0.6) is 0 Å². The van der Waals surface area contributed by atoms with Crippen LogP contribution in [0.2, 0.25) is 0 Å². The molecule has 0 radical (unpaired) electrons. The summed E-state index contributed by atoms with van der Waals surface area (Å²) in [6.07, 6.45) is 7.47. The number of carbonyl (C=O) groups excluding carboxylic acids is 2. The molecular weight excluding hydrogens is 478 g/mol. The lowest BCUT2D eigenvalue weighted by Gasteiger charge is -2.47. The van der Waals surface area contributed by atoms with Gasteiger partial charge in [0.2, 0.25) is 11.5 Å². The topological polar surface area (TPSA) is 147 Å². The molecule has 1 fully saturated rings. The van der Waals surface area contributed by atoms with E-state index < -0.39 is 11.9 Å². The Morgan fingerprint density at radius 1 is 1.44 bits per heavy atom. The Bertz CT molecular complexity index is 1100. The summed E-state index contributed by atoms with van der Waals surface area (Å²) in [7, 11) is 0. The van der Waals surface area contributed by atoms with Crippen molar-refractivity contribution >= 4 is 46.0 Å². The maximum atomic E-state index is 12.8. The number of β-lactam (4-membered cyclic amide) rings is 1. The fraction of sp³-hybridized carbons (Fsp3) is 0.429. The second-order valence-electron chi connectivity index (χ2n) is 7.71. The second kappa shape index (κ2) is 10.9. The summed E-state index contributed by atoms with van der Waals surface area (Å²) >= 11 is 2.55. The molecule has 0 aromatic carbocycles. The van der Waals surface area contributed by atoms with Crippen LogP contribution in [0.1, 0.15) is 24.7 Å². The van der Waals surface area contributed by atoms with Crippen LogP contribution in [0, 0.1) is 0 Å². The summed E-state index contributed by atoms with van der Waals surface area (Å²) in [6, 6.07) is 3.42. The predicted octanol–water partition coefficient (Wildman–Crippen LogP) is 0.0573. The van der Waals surface area contributed by atoms with Crippen LogP contribution in [0.3, 0.4) is 0 Å². The van der Waals surface area contributed by atoms with E-state index in [4.69, 9.17) is 15.7 Å². The number of nitrogens with one attached hydrogen (secondary N) is 1. The van der Waals surface area contributed by atoms with E-state index in [2.05, 4.69) is 24.4 Å². The van der Waals surface area contributed by atoms with Gasteiger partial charge in [-0.15, -0.1) is 11.8 Å². The van der Waals surface area contributed by atoms with Crippen molar-refractivity contribution in [1.29, 1.82) is 0 Å². The molecule has 4 heterocycles. The monoisotopic (exact) mass is 504 g/mol. The smallest absolute Gasteiger partial charge is 0.278 e. The Hall–Kier alpha value is -3.03. The van der Waals surface area contributed by atoms with Crippen LogP contribution in [-0.4, -0.2) is 67.3 Å². The van der Waals surface area contributed by atoms with E-state index in [1.807, 2.05) is 30.7 Å². The van der Waals surface area contributed by atoms with E-state index in [0.717, 1.165) is 35.7 Å². The molecule has 4 N–H and O–H groups in total. The molecule has 0 aliphatic carbocycles. The number of fused-ring (bicyclic) bond motifs is 1. The van der Waals surface area contributed by atoms with Gasteiger partial charge >= 0.3 is 0 Å². The molecule has 2 aromatic rings. The van der Waals surface area contributed by atoms with Crippen LogP contribution < -0.4 is 15.6 Å². The van der Waals surface area contributed by atoms with Gasteiger partial charge in [-0.1, -0.05) is 5.16 Å². The van der Waals surface area contributed by atoms with Gasteiger partial charge in [0.15, 0.2) is 24.1 Å². The Kier molecular flexibility index (Phi) is 7.75. The van der Waals surface area contributed by atoms with E-state index in [9.17, 15) is 9.59 Å². The van der Waals surface area contributed by atoms with Crippen molar-refractivity contribution in [3.63, 3.8) is 0 Å². The summed E-state index contributed by atoms with van der Waals surface area (Å²) in [5.74, 6) is 0.0322. The third kappa shape index (κ3) is 5.37. The molecule has 13 heteroatoms. The Balaban J connectivity index is 1.37. The Morgan fingerprint density at radius 3 is 2.91 bits per heavy atom. The first-order valence-electron chi connectivity index (χ1n) is 10.8. The molecule has 2 aromatic heterocycles. The minimum absolute atomic E-state index is 0.0648. The number of carbonyl (C=O) groups is 2. The van der Waals surface area contributed by atoms with Crippen molar-refractivity contribution in [3.8, 4) is 0 Å². The molecule has 4 rings (SSSR count). The molecule has 180 valence electrons. The number of nitrogens with two attached hydrogens (primary N) is 1. The quantitative estimate of drug-likeness (QED) is 0.178. The molecule has 2 aliphatic rings. The van der Waals surface area contributed by atoms with Crippen molar-refractivity contribution in [2.75, 3.05) is 24.7 Å². The average Bonchev–Trinajstić information content (AvgIpc) is 3.28. The number of hydrogen-bond acceptors (Lipinski definition) is 10. The van der Waals surface area contributed by atoms with E-state index in [1.54, 1.807) is 23.6 Å². The van der Waals surface area contributed by atoms with Crippen LogP contribution in [0.4, 0.5) is 5.13 Å². The summed E-state index contributed by atoms with van der Waals surface area (Å²) in [5, 5.41) is 15.5. The summed E-state index contributed by atoms with van der Waals surface area (Å²) < 4.78 is 6.08. The fourth-order valence-corrected chi connectivity index (χ4v) is 5.27. The van der Waals surface area contributed by atoms with Gasteiger partial charge in [-0.05, 0) is 25.3 Å². The van der Waals surface area contributed by atoms with Crippen molar-refractivity contribution in [3.05, 3.63) is 47.7 Å². The number of oxime groups is 1. The highest BCUT2D eigenvalue weighted by atomic mass is 32.2. The van der Waals surface area contributed by atoms with Gasteiger partial charge in [-0.2, -0.15) is 9.36 Å². The number of thioether (sulfide) groups is 1. The van der Waals surface area contributed by atoms with Crippen molar-refractivity contribution in [2.24, 2.45) is 5.16 Å². The maximum Gasteiger partial charge on any atom is 0.278 e. The molecule has 34 heavy (non-hydrogen) atoms. The lowest BCUT2D eigenvalue weighted by molar-refractivity contribution is -0.689. The largest absolute Gasteiger partial charge is 0.396 e. The number of aryl methyl sites for hydroxylation is 1. The summed E-state index contributed by atoms with van der Waals surface area (Å²) in [4.78, 5) is 36.3. The van der Waals surface area contributed by atoms with Gasteiger partial charge in [0.1, 0.15) is 18.0 Å². The van der Waals surface area contributed by atoms with E-state index >= 15 is 0 Å². The molecular formula is C21H26N7O4S2+. The molecule has 2 amide bonds. The van der Waals surface area contributed by atoms with Gasteiger partial charge in [-0.3, -0.25) is 9.59 Å². The van der Waals surface area contributed by atoms with Crippen LogP contribution in [0.15, 0.2) is 41.5 Å². The second-order valence-corrected chi connectivity index (χ2v) is 9.59. The third-order valence-corrected chi connectivity index (χ3v) is 7.17. The molecule has 1 unspecified atom stereocenters. The molecule has 0 saturated carbocycles. The Morgan fingerprint density at radius 2 is 2.24 bits per heavy atom. The number of hydrogen-bond donors (Lipinski definition) is 3. The van der Waals surface area contributed by atoms with Crippen molar-refractivity contribution < 1.29 is 24.1 Å². The predicted molar refractivity (Wildman–Crippen MR) is 128 cm³/mol. The number of aliphatic hydroxyl groups excluding tert-OH is 1. The minimum atomic E-state index is -0.670. The average molecular weight is 505 g/mol. The van der Waals surface area contributed by atoms with Crippen LogP contribution >= 0.6 is 23.3 Å². The van der Waals surface area contributed by atoms with E-state index in [-0.39, 0.29) is 41.2 Å². The first-order valence-corrected chi connectivity index (χ1v) is 12.6. The zero-order valence-electron chi connectivity index (χ0n) is 18.6. The summed E-state index contributed by atoms with van der Waals surface area (Å²) in [5.41, 5.74) is 7.79. The van der Waals surface area contributed by atoms with Crippen molar-refractivity contribution in [1.82, 2.24) is 19.6 Å². The van der Waals surface area contributed by atoms with Gasteiger partial charge in [0, 0.05) is 47.8 Å². The number of nitrogens with zero attached hydrogens (tertiary/aromatic N) is 5. The maximum absolute atomic E-state index is 12.8. The number of aromatic nitrogens is 3. The molecule has 0 spiro atoms. The molecule has 1 saturated heterocycles. The number of anilines is 1. The zero-order valence-corrected chi connectivity index (χ0v) is 20.2. The number of rotatable bonds is 10. The van der Waals surface area contributed by atoms with Gasteiger partial charge < -0.3 is 25.9 Å². The highest BCUT2D eigenvalue weighted by Gasteiger charge is 2.50. The van der Waals surface area contributed by atoms with Gasteiger partial charge in [0.25, 0.3) is 11.8 Å². The van der Waals surface area contributed by atoms with E-state index in [0.29, 0.717) is 6.54 Å². The normalized spacial score (nSPS) is 19.8. The van der Waals surface area contributed by atoms with Crippen molar-refractivity contribution in [2.45, 2.75) is 37.7 Å². The van der Waals surface area contributed by atoms with Crippen LogP contribution in [0.25, 0.3) is 0 Å². The lowest BCUT2D eigenvalue weighted by atomic mass is 10.1. The van der Waals surface area contributed by atoms with Crippen LogP contribution in [-0.2, 0) is 27.4 Å². The number of amides is 2. The third-order valence-electron chi connectivity index (χ3n) is 5.25. The minimum Gasteiger partial charge on any atom is -0.396 e. The Labute approximate surface area is 204 Å². The first-order chi connectivity index (χ1) is 16.5. The SMILES string of the molecule is CCON=C(C(=O)NC1C(=O)N2C=C(C[n+]3ccc(CCCO)cc3)CS[C@@H]12)c1nsc(N)n1. The molecule has 2 atom stereocenters. The first kappa shape index (κ1) is 24.1. The standard InChI is InChI=1S/C21H25N7O4S2/c1-2-32-25-15(17-24-21(22)34-26-17)18(30)23-16-19(31)28-11-14(12-33-20(16)28)10-27-7-5-13(6-8-27)4-3-9-29/h5-8,11,16,20,29H,2-4,9-10,12H2,1H3,(H2-,22,23,24,26,30)/p+1/t16?,20-/m0/s1. The molecule has 2 aliphatic heterocycles. The highest BCUT2D eigenvalue weighted by molar-refractivity contribution is 8.00.